The molecule has 2 N–H and O–H groups in total. The van der Waals surface area contributed by atoms with Crippen LogP contribution in [-0.2, 0) is 0 Å². The standard InChI is InChI=1S/C22H26N2O3/c1-3-24(4-2)17-10-8-16(9-11-17)20-13-12-19-21(23-20)6-5-7-22(19)27-18(14-25)15-26/h5-13,18,25-26H,3-4,14-15H2,1-2H3. The summed E-state index contributed by atoms with van der Waals surface area (Å²) in [5.74, 6) is 0.608. The fourth-order valence-electron chi connectivity index (χ4n) is 3.13. The highest BCUT2D eigenvalue weighted by Gasteiger charge is 2.11. The Morgan fingerprint density at radius 2 is 1.63 bits per heavy atom. The minimum absolute atomic E-state index is 0.239. The van der Waals surface area contributed by atoms with Crippen molar-refractivity contribution in [1.29, 1.82) is 0 Å². The van der Waals surface area contributed by atoms with Crippen LogP contribution in [0.15, 0.2) is 54.6 Å². The maximum atomic E-state index is 9.25. The molecule has 1 aromatic heterocycles. The van der Waals surface area contributed by atoms with E-state index in [9.17, 15) is 10.2 Å². The molecule has 0 unspecified atom stereocenters. The summed E-state index contributed by atoms with van der Waals surface area (Å²) in [5, 5.41) is 19.3. The van der Waals surface area contributed by atoms with Crippen molar-refractivity contribution in [2.75, 3.05) is 31.2 Å². The summed E-state index contributed by atoms with van der Waals surface area (Å²) in [7, 11) is 0. The molecule has 3 rings (SSSR count). The molecule has 27 heavy (non-hydrogen) atoms. The zero-order chi connectivity index (χ0) is 19.2. The SMILES string of the molecule is CCN(CC)c1ccc(-c2ccc3c(OC(CO)CO)cccc3n2)cc1. The Kier molecular flexibility index (Phi) is 6.27. The first-order chi connectivity index (χ1) is 13.2. The molecule has 0 aliphatic heterocycles. The first-order valence-electron chi connectivity index (χ1n) is 9.33. The van der Waals surface area contributed by atoms with Gasteiger partial charge in [0, 0.05) is 29.7 Å². The highest BCUT2D eigenvalue weighted by molar-refractivity contribution is 5.87. The van der Waals surface area contributed by atoms with Crippen LogP contribution in [0.3, 0.4) is 0 Å². The fourth-order valence-corrected chi connectivity index (χ4v) is 3.13. The number of rotatable bonds is 8. The van der Waals surface area contributed by atoms with E-state index in [2.05, 4.69) is 43.0 Å². The van der Waals surface area contributed by atoms with Crippen molar-refractivity contribution in [3.63, 3.8) is 0 Å². The molecule has 0 bridgehead atoms. The van der Waals surface area contributed by atoms with E-state index >= 15 is 0 Å². The molecule has 1 heterocycles. The van der Waals surface area contributed by atoms with E-state index in [1.807, 2.05) is 30.3 Å². The largest absolute Gasteiger partial charge is 0.485 e. The summed E-state index contributed by atoms with van der Waals surface area (Å²) >= 11 is 0. The highest BCUT2D eigenvalue weighted by atomic mass is 16.5. The monoisotopic (exact) mass is 366 g/mol. The Morgan fingerprint density at radius 1 is 0.926 bits per heavy atom. The predicted octanol–water partition coefficient (Wildman–Crippen LogP) is 3.48. The van der Waals surface area contributed by atoms with Crippen molar-refractivity contribution in [3.05, 3.63) is 54.6 Å². The average molecular weight is 366 g/mol. The van der Waals surface area contributed by atoms with Crippen LogP contribution in [0.2, 0.25) is 0 Å². The molecule has 0 atom stereocenters. The third-order valence-corrected chi connectivity index (χ3v) is 4.68. The molecule has 5 nitrogen and oxygen atoms in total. The third-order valence-electron chi connectivity index (χ3n) is 4.68. The lowest BCUT2D eigenvalue weighted by Gasteiger charge is -2.21. The van der Waals surface area contributed by atoms with Crippen LogP contribution < -0.4 is 9.64 Å². The Hall–Kier alpha value is -2.63. The molecule has 0 aliphatic carbocycles. The smallest absolute Gasteiger partial charge is 0.145 e. The minimum atomic E-state index is -0.636. The topological polar surface area (TPSA) is 65.8 Å². The van der Waals surface area contributed by atoms with E-state index in [1.54, 1.807) is 0 Å². The summed E-state index contributed by atoms with van der Waals surface area (Å²) in [6, 6.07) is 18.0. The Labute approximate surface area is 159 Å². The van der Waals surface area contributed by atoms with Crippen molar-refractivity contribution < 1.29 is 14.9 Å². The number of aliphatic hydroxyl groups excluding tert-OH is 2. The quantitative estimate of drug-likeness (QED) is 0.639. The van der Waals surface area contributed by atoms with E-state index in [0.717, 1.165) is 35.2 Å². The zero-order valence-electron chi connectivity index (χ0n) is 15.8. The lowest BCUT2D eigenvalue weighted by atomic mass is 10.1. The third kappa shape index (κ3) is 4.21. The van der Waals surface area contributed by atoms with Crippen LogP contribution in [0.25, 0.3) is 22.2 Å². The Balaban J connectivity index is 1.91. The summed E-state index contributed by atoms with van der Waals surface area (Å²) in [5.41, 5.74) is 3.97. The van der Waals surface area contributed by atoms with E-state index in [4.69, 9.17) is 9.72 Å². The number of aliphatic hydroxyl groups is 2. The van der Waals surface area contributed by atoms with E-state index < -0.39 is 6.10 Å². The van der Waals surface area contributed by atoms with Crippen LogP contribution in [-0.4, -0.2) is 47.6 Å². The minimum Gasteiger partial charge on any atom is -0.485 e. The van der Waals surface area contributed by atoms with Crippen molar-refractivity contribution in [2.45, 2.75) is 20.0 Å². The molecule has 0 saturated carbocycles. The molecular formula is C22H26N2O3. The van der Waals surface area contributed by atoms with Gasteiger partial charge in [-0.1, -0.05) is 18.2 Å². The fraction of sp³-hybridized carbons (Fsp3) is 0.318. The van der Waals surface area contributed by atoms with Gasteiger partial charge in [0.2, 0.25) is 0 Å². The predicted molar refractivity (Wildman–Crippen MR) is 109 cm³/mol. The number of hydrogen-bond donors (Lipinski definition) is 2. The maximum absolute atomic E-state index is 9.25. The zero-order valence-corrected chi connectivity index (χ0v) is 15.8. The Morgan fingerprint density at radius 3 is 2.26 bits per heavy atom. The van der Waals surface area contributed by atoms with Gasteiger partial charge in [-0.05, 0) is 50.2 Å². The van der Waals surface area contributed by atoms with Gasteiger partial charge in [0.25, 0.3) is 0 Å². The van der Waals surface area contributed by atoms with Gasteiger partial charge in [0.15, 0.2) is 0 Å². The van der Waals surface area contributed by atoms with Crippen molar-refractivity contribution in [1.82, 2.24) is 4.98 Å². The molecule has 0 aliphatic rings. The first kappa shape index (κ1) is 19.1. The van der Waals surface area contributed by atoms with Crippen LogP contribution in [0.4, 0.5) is 5.69 Å². The maximum Gasteiger partial charge on any atom is 0.145 e. The van der Waals surface area contributed by atoms with Gasteiger partial charge in [-0.25, -0.2) is 4.98 Å². The number of pyridine rings is 1. The molecule has 0 fully saturated rings. The Bertz CT molecular complexity index is 872. The first-order valence-corrected chi connectivity index (χ1v) is 9.33. The number of anilines is 1. The molecular weight excluding hydrogens is 340 g/mol. The molecule has 0 radical (unpaired) electrons. The van der Waals surface area contributed by atoms with Crippen LogP contribution in [0.5, 0.6) is 5.75 Å². The van der Waals surface area contributed by atoms with Gasteiger partial charge >= 0.3 is 0 Å². The van der Waals surface area contributed by atoms with Crippen molar-refractivity contribution >= 4 is 16.6 Å². The van der Waals surface area contributed by atoms with Gasteiger partial charge in [-0.3, -0.25) is 0 Å². The molecule has 2 aromatic carbocycles. The second-order valence-electron chi connectivity index (χ2n) is 6.34. The van der Waals surface area contributed by atoms with Crippen LogP contribution in [0, 0.1) is 0 Å². The average Bonchev–Trinajstić information content (AvgIpc) is 2.73. The molecule has 0 amide bonds. The van der Waals surface area contributed by atoms with Crippen molar-refractivity contribution in [3.8, 4) is 17.0 Å². The molecule has 5 heteroatoms. The van der Waals surface area contributed by atoms with Crippen molar-refractivity contribution in [2.24, 2.45) is 0 Å². The second kappa shape index (κ2) is 8.84. The number of benzene rings is 2. The number of fused-ring (bicyclic) bond motifs is 1. The van der Waals surface area contributed by atoms with E-state index in [1.165, 1.54) is 5.69 Å². The second-order valence-corrected chi connectivity index (χ2v) is 6.34. The van der Waals surface area contributed by atoms with Gasteiger partial charge in [0.05, 0.1) is 24.4 Å². The van der Waals surface area contributed by atoms with Gasteiger partial charge in [-0.2, -0.15) is 0 Å². The number of ether oxygens (including phenoxy) is 1. The van der Waals surface area contributed by atoms with Crippen LogP contribution in [0.1, 0.15) is 13.8 Å². The summed E-state index contributed by atoms with van der Waals surface area (Å²) < 4.78 is 5.69. The number of aromatic nitrogens is 1. The lowest BCUT2D eigenvalue weighted by Crippen LogP contribution is -2.25. The highest BCUT2D eigenvalue weighted by Crippen LogP contribution is 2.29. The van der Waals surface area contributed by atoms with E-state index in [-0.39, 0.29) is 13.2 Å². The summed E-state index contributed by atoms with van der Waals surface area (Å²) in [6.07, 6.45) is -0.636. The van der Waals surface area contributed by atoms with Gasteiger partial charge in [0.1, 0.15) is 11.9 Å². The van der Waals surface area contributed by atoms with Gasteiger partial charge < -0.3 is 19.8 Å². The molecule has 3 aromatic rings. The molecule has 0 spiro atoms. The normalized spacial score (nSPS) is 11.1. The van der Waals surface area contributed by atoms with Crippen LogP contribution >= 0.6 is 0 Å². The summed E-state index contributed by atoms with van der Waals surface area (Å²) in [6.45, 7) is 5.79. The summed E-state index contributed by atoms with van der Waals surface area (Å²) in [4.78, 5) is 7.07. The molecule has 142 valence electrons. The number of nitrogens with zero attached hydrogens (tertiary/aromatic N) is 2. The number of hydrogen-bond acceptors (Lipinski definition) is 5. The lowest BCUT2D eigenvalue weighted by molar-refractivity contribution is 0.0640. The van der Waals surface area contributed by atoms with E-state index in [0.29, 0.717) is 5.75 Å². The molecule has 0 saturated heterocycles. The van der Waals surface area contributed by atoms with Gasteiger partial charge in [-0.15, -0.1) is 0 Å².